The van der Waals surface area contributed by atoms with Crippen molar-refractivity contribution in [2.75, 3.05) is 19.7 Å². The van der Waals surface area contributed by atoms with Gasteiger partial charge in [-0.25, -0.2) is 0 Å². The van der Waals surface area contributed by atoms with Gasteiger partial charge in [0.2, 0.25) is 5.91 Å². The molecule has 0 aromatic heterocycles. The number of likely N-dealkylation sites (tertiary alicyclic amines) is 1. The van der Waals surface area contributed by atoms with Crippen LogP contribution in [0.4, 0.5) is 0 Å². The maximum Gasteiger partial charge on any atom is 0.260 e. The number of halogens is 2. The van der Waals surface area contributed by atoms with E-state index in [-0.39, 0.29) is 30.9 Å². The SMILES string of the molecule is CCC(NC(=O)Cc1ccc(Cl)c(Cl)c1)c1ccccc1OCC(=O)N1CCCC1. The summed E-state index contributed by atoms with van der Waals surface area (Å²) in [6.45, 7) is 3.60. The molecule has 160 valence electrons. The molecule has 2 aromatic rings. The third-order valence-corrected chi connectivity index (χ3v) is 5.94. The second kappa shape index (κ2) is 10.7. The van der Waals surface area contributed by atoms with Crippen LogP contribution in [0.5, 0.6) is 5.75 Å². The van der Waals surface area contributed by atoms with E-state index in [1.54, 1.807) is 18.2 Å². The fraction of sp³-hybridized carbons (Fsp3) is 0.391. The second-order valence-electron chi connectivity index (χ2n) is 7.37. The number of para-hydroxylation sites is 1. The van der Waals surface area contributed by atoms with Crippen LogP contribution in [-0.2, 0) is 16.0 Å². The summed E-state index contributed by atoms with van der Waals surface area (Å²) in [5.41, 5.74) is 1.65. The summed E-state index contributed by atoms with van der Waals surface area (Å²) in [6.07, 6.45) is 2.98. The van der Waals surface area contributed by atoms with Gasteiger partial charge >= 0.3 is 0 Å². The third kappa shape index (κ3) is 5.89. The van der Waals surface area contributed by atoms with Crippen molar-refractivity contribution in [3.63, 3.8) is 0 Å². The zero-order valence-electron chi connectivity index (χ0n) is 17.0. The van der Waals surface area contributed by atoms with E-state index in [2.05, 4.69) is 5.32 Å². The topological polar surface area (TPSA) is 58.6 Å². The Hall–Kier alpha value is -2.24. The van der Waals surface area contributed by atoms with E-state index in [4.69, 9.17) is 27.9 Å². The molecular weight excluding hydrogens is 423 g/mol. The number of carbonyl (C=O) groups excluding carboxylic acids is 2. The standard InChI is InChI=1S/C23H26Cl2N2O3/c1-2-20(26-22(28)14-16-9-10-18(24)19(25)13-16)17-7-3-4-8-21(17)30-15-23(29)27-11-5-6-12-27/h3-4,7-10,13,20H,2,5-6,11-12,14-15H2,1H3,(H,26,28). The second-order valence-corrected chi connectivity index (χ2v) is 8.18. The molecule has 3 rings (SSSR count). The lowest BCUT2D eigenvalue weighted by atomic mass is 10.0. The van der Waals surface area contributed by atoms with Crippen molar-refractivity contribution in [1.29, 1.82) is 0 Å². The highest BCUT2D eigenvalue weighted by Gasteiger charge is 2.21. The Morgan fingerprint density at radius 1 is 1.10 bits per heavy atom. The zero-order chi connectivity index (χ0) is 21.5. The van der Waals surface area contributed by atoms with Gasteiger partial charge in [0, 0.05) is 18.7 Å². The van der Waals surface area contributed by atoms with E-state index in [9.17, 15) is 9.59 Å². The molecule has 1 unspecified atom stereocenters. The molecule has 0 saturated carbocycles. The minimum atomic E-state index is -0.224. The Kier molecular flexibility index (Phi) is 8.00. The quantitative estimate of drug-likeness (QED) is 0.630. The Bertz CT molecular complexity index is 898. The highest BCUT2D eigenvalue weighted by atomic mass is 35.5. The number of hydrogen-bond donors (Lipinski definition) is 1. The molecule has 1 atom stereocenters. The average Bonchev–Trinajstić information content (AvgIpc) is 3.28. The first-order valence-corrected chi connectivity index (χ1v) is 11.0. The molecule has 1 aliphatic heterocycles. The number of rotatable bonds is 8. The molecule has 30 heavy (non-hydrogen) atoms. The van der Waals surface area contributed by atoms with Crippen molar-refractivity contribution in [2.45, 2.75) is 38.6 Å². The predicted molar refractivity (Wildman–Crippen MR) is 119 cm³/mol. The molecule has 5 nitrogen and oxygen atoms in total. The summed E-state index contributed by atoms with van der Waals surface area (Å²) in [4.78, 5) is 26.8. The maximum atomic E-state index is 12.6. The van der Waals surface area contributed by atoms with Crippen LogP contribution in [0, 0.1) is 0 Å². The summed E-state index contributed by atoms with van der Waals surface area (Å²) in [7, 11) is 0. The summed E-state index contributed by atoms with van der Waals surface area (Å²) >= 11 is 12.0. The largest absolute Gasteiger partial charge is 0.483 e. The van der Waals surface area contributed by atoms with Gasteiger partial charge in [-0.2, -0.15) is 0 Å². The van der Waals surface area contributed by atoms with Gasteiger partial charge in [0.25, 0.3) is 5.91 Å². The number of nitrogens with zero attached hydrogens (tertiary/aromatic N) is 1. The van der Waals surface area contributed by atoms with E-state index < -0.39 is 0 Å². The van der Waals surface area contributed by atoms with Gasteiger partial charge in [0.15, 0.2) is 6.61 Å². The van der Waals surface area contributed by atoms with Gasteiger partial charge in [-0.3, -0.25) is 9.59 Å². The van der Waals surface area contributed by atoms with E-state index in [0.29, 0.717) is 22.2 Å². The third-order valence-electron chi connectivity index (χ3n) is 5.20. The first-order chi connectivity index (χ1) is 14.5. The Morgan fingerprint density at radius 3 is 2.53 bits per heavy atom. The highest BCUT2D eigenvalue weighted by molar-refractivity contribution is 6.42. The van der Waals surface area contributed by atoms with Crippen LogP contribution in [0.3, 0.4) is 0 Å². The van der Waals surface area contributed by atoms with E-state index >= 15 is 0 Å². The van der Waals surface area contributed by atoms with E-state index in [1.807, 2.05) is 36.1 Å². The predicted octanol–water partition coefficient (Wildman–Crippen LogP) is 4.80. The molecule has 1 aliphatic rings. The molecule has 2 aromatic carbocycles. The lowest BCUT2D eigenvalue weighted by molar-refractivity contribution is -0.132. The molecule has 2 amide bonds. The number of ether oxygens (including phenoxy) is 1. The molecule has 0 bridgehead atoms. The molecule has 7 heteroatoms. The lowest BCUT2D eigenvalue weighted by Crippen LogP contribution is -2.33. The summed E-state index contributed by atoms with van der Waals surface area (Å²) < 4.78 is 5.85. The first-order valence-electron chi connectivity index (χ1n) is 10.2. The van der Waals surface area contributed by atoms with Crippen LogP contribution in [-0.4, -0.2) is 36.4 Å². The van der Waals surface area contributed by atoms with E-state index in [0.717, 1.165) is 37.1 Å². The molecule has 1 N–H and O–H groups in total. The molecule has 0 aliphatic carbocycles. The van der Waals surface area contributed by atoms with Crippen LogP contribution in [0.25, 0.3) is 0 Å². The van der Waals surface area contributed by atoms with Gasteiger partial charge in [-0.15, -0.1) is 0 Å². The fourth-order valence-electron chi connectivity index (χ4n) is 3.58. The van der Waals surface area contributed by atoms with Crippen LogP contribution in [0.2, 0.25) is 10.0 Å². The van der Waals surface area contributed by atoms with Gasteiger partial charge in [-0.05, 0) is 43.0 Å². The fourth-order valence-corrected chi connectivity index (χ4v) is 3.90. The molecule has 1 saturated heterocycles. The van der Waals surface area contributed by atoms with Gasteiger partial charge in [0.1, 0.15) is 5.75 Å². The molecule has 0 spiro atoms. The number of benzene rings is 2. The Morgan fingerprint density at radius 2 is 1.83 bits per heavy atom. The summed E-state index contributed by atoms with van der Waals surface area (Å²) in [5, 5.41) is 3.94. The maximum absolute atomic E-state index is 12.6. The van der Waals surface area contributed by atoms with Crippen molar-refractivity contribution in [2.24, 2.45) is 0 Å². The van der Waals surface area contributed by atoms with Gasteiger partial charge in [-0.1, -0.05) is 54.4 Å². The van der Waals surface area contributed by atoms with Crippen molar-refractivity contribution in [3.8, 4) is 5.75 Å². The number of carbonyl (C=O) groups is 2. The molecule has 1 heterocycles. The van der Waals surface area contributed by atoms with Crippen LogP contribution in [0.15, 0.2) is 42.5 Å². The first kappa shape index (κ1) is 22.4. The minimum Gasteiger partial charge on any atom is -0.483 e. The highest BCUT2D eigenvalue weighted by Crippen LogP contribution is 2.28. The van der Waals surface area contributed by atoms with Crippen molar-refractivity contribution in [1.82, 2.24) is 10.2 Å². The van der Waals surface area contributed by atoms with E-state index in [1.165, 1.54) is 0 Å². The van der Waals surface area contributed by atoms with Crippen molar-refractivity contribution < 1.29 is 14.3 Å². The van der Waals surface area contributed by atoms with Gasteiger partial charge < -0.3 is 15.0 Å². The molecular formula is C23H26Cl2N2O3. The summed E-state index contributed by atoms with van der Waals surface area (Å²) in [6, 6.07) is 12.5. The molecule has 0 radical (unpaired) electrons. The zero-order valence-corrected chi connectivity index (χ0v) is 18.5. The van der Waals surface area contributed by atoms with Crippen molar-refractivity contribution >= 4 is 35.0 Å². The minimum absolute atomic E-state index is 0.000922. The van der Waals surface area contributed by atoms with Crippen LogP contribution < -0.4 is 10.1 Å². The average molecular weight is 449 g/mol. The normalized spacial score (nSPS) is 14.4. The van der Waals surface area contributed by atoms with Crippen molar-refractivity contribution in [3.05, 3.63) is 63.6 Å². The number of hydrogen-bond acceptors (Lipinski definition) is 3. The lowest BCUT2D eigenvalue weighted by Gasteiger charge is -2.22. The Labute approximate surface area is 187 Å². The van der Waals surface area contributed by atoms with Crippen LogP contribution in [0.1, 0.15) is 43.4 Å². The Balaban J connectivity index is 1.64. The smallest absolute Gasteiger partial charge is 0.260 e. The number of nitrogens with one attached hydrogen (secondary N) is 1. The monoisotopic (exact) mass is 448 g/mol. The number of amides is 2. The summed E-state index contributed by atoms with van der Waals surface area (Å²) in [5.74, 6) is 0.494. The molecule has 1 fully saturated rings. The van der Waals surface area contributed by atoms with Crippen LogP contribution >= 0.6 is 23.2 Å². The van der Waals surface area contributed by atoms with Gasteiger partial charge in [0.05, 0.1) is 22.5 Å².